The fourth-order valence-corrected chi connectivity index (χ4v) is 2.85. The molecule has 0 atom stereocenters. The zero-order valence-electron chi connectivity index (χ0n) is 9.98. The smallest absolute Gasteiger partial charge is 0.168 e. The quantitative estimate of drug-likeness (QED) is 0.802. The maximum atomic E-state index is 13.9. The number of rotatable bonds is 2. The second-order valence-electron chi connectivity index (χ2n) is 4.92. The average Bonchev–Trinajstić information content (AvgIpc) is 2.38. The molecule has 1 aliphatic carbocycles. The van der Waals surface area contributed by atoms with Crippen molar-refractivity contribution in [3.8, 4) is 5.75 Å². The van der Waals surface area contributed by atoms with Crippen LogP contribution in [0.1, 0.15) is 37.7 Å². The Bertz CT molecular complexity index is 430. The van der Waals surface area contributed by atoms with Crippen LogP contribution in [0.25, 0.3) is 0 Å². The fourth-order valence-electron chi connectivity index (χ4n) is 2.85. The van der Waals surface area contributed by atoms with E-state index < -0.39 is 28.6 Å². The van der Waals surface area contributed by atoms with Crippen molar-refractivity contribution in [3.05, 3.63) is 29.1 Å². The molecule has 1 aliphatic rings. The zero-order chi connectivity index (χ0) is 13.3. The van der Waals surface area contributed by atoms with Gasteiger partial charge in [0.15, 0.2) is 23.2 Å². The predicted octanol–water partition coefficient (Wildman–Crippen LogP) is 2.97. The first kappa shape index (κ1) is 13.2. The third kappa shape index (κ3) is 1.96. The van der Waals surface area contributed by atoms with E-state index in [-0.39, 0.29) is 12.1 Å². The molecule has 1 aromatic rings. The van der Waals surface area contributed by atoms with E-state index in [9.17, 15) is 18.3 Å². The molecular weight excluding hydrogens is 243 g/mol. The normalized spacial score (nSPS) is 18.9. The predicted molar refractivity (Wildman–Crippen MR) is 61.8 cm³/mol. The van der Waals surface area contributed by atoms with Crippen LogP contribution in [0, 0.1) is 17.5 Å². The summed E-state index contributed by atoms with van der Waals surface area (Å²) in [6, 6.07) is 0.362. The molecule has 0 amide bonds. The van der Waals surface area contributed by atoms with E-state index in [1.807, 2.05) is 0 Å². The second kappa shape index (κ2) is 4.80. The Morgan fingerprint density at radius 3 is 2.28 bits per heavy atom. The Kier molecular flexibility index (Phi) is 3.52. The van der Waals surface area contributed by atoms with Crippen LogP contribution in [0.2, 0.25) is 0 Å². The molecule has 0 unspecified atom stereocenters. The first-order chi connectivity index (χ1) is 8.52. The van der Waals surface area contributed by atoms with Gasteiger partial charge in [-0.2, -0.15) is 0 Å². The van der Waals surface area contributed by atoms with Gasteiger partial charge in [-0.25, -0.2) is 13.2 Å². The van der Waals surface area contributed by atoms with Crippen LogP contribution >= 0.6 is 0 Å². The lowest BCUT2D eigenvalue weighted by molar-refractivity contribution is 0.272. The molecular formula is C13H16F3NO. The van der Waals surface area contributed by atoms with Crippen molar-refractivity contribution < 1.29 is 18.3 Å². The van der Waals surface area contributed by atoms with Gasteiger partial charge in [0.1, 0.15) is 0 Å². The minimum absolute atomic E-state index is 0.0698. The highest BCUT2D eigenvalue weighted by atomic mass is 19.2. The number of nitrogens with two attached hydrogens (primary N) is 1. The Balaban J connectivity index is 2.61. The summed E-state index contributed by atoms with van der Waals surface area (Å²) in [4.78, 5) is 0. The van der Waals surface area contributed by atoms with E-state index in [2.05, 4.69) is 0 Å². The number of hydrogen-bond donors (Lipinski definition) is 2. The molecule has 2 rings (SSSR count). The van der Waals surface area contributed by atoms with Gasteiger partial charge in [-0.3, -0.25) is 0 Å². The summed E-state index contributed by atoms with van der Waals surface area (Å²) in [6.07, 6.45) is 3.69. The van der Waals surface area contributed by atoms with Crippen molar-refractivity contribution in [2.75, 3.05) is 6.54 Å². The van der Waals surface area contributed by atoms with Crippen LogP contribution in [0.15, 0.2) is 6.07 Å². The summed E-state index contributed by atoms with van der Waals surface area (Å²) < 4.78 is 40.6. The lowest BCUT2D eigenvalue weighted by Crippen LogP contribution is -2.38. The van der Waals surface area contributed by atoms with Crippen molar-refractivity contribution >= 4 is 0 Å². The first-order valence-electron chi connectivity index (χ1n) is 6.09. The Labute approximate surface area is 104 Å². The molecule has 0 spiro atoms. The minimum Gasteiger partial charge on any atom is -0.505 e. The first-order valence-corrected chi connectivity index (χ1v) is 6.09. The number of benzene rings is 1. The second-order valence-corrected chi connectivity index (χ2v) is 4.92. The lowest BCUT2D eigenvalue weighted by atomic mass is 9.69. The molecule has 0 bridgehead atoms. The summed E-state index contributed by atoms with van der Waals surface area (Å²) in [5.41, 5.74) is 4.54. The van der Waals surface area contributed by atoms with Gasteiger partial charge >= 0.3 is 0 Å². The molecule has 0 saturated heterocycles. The van der Waals surface area contributed by atoms with E-state index in [0.717, 1.165) is 19.3 Å². The number of halogens is 3. The largest absolute Gasteiger partial charge is 0.505 e. The van der Waals surface area contributed by atoms with E-state index >= 15 is 0 Å². The number of hydrogen-bond acceptors (Lipinski definition) is 2. The number of phenols is 1. The molecule has 1 saturated carbocycles. The molecule has 5 heteroatoms. The summed E-state index contributed by atoms with van der Waals surface area (Å²) in [5, 5.41) is 9.71. The monoisotopic (exact) mass is 259 g/mol. The third-order valence-electron chi connectivity index (χ3n) is 3.88. The molecule has 100 valence electrons. The molecule has 1 aromatic carbocycles. The van der Waals surface area contributed by atoms with Crippen molar-refractivity contribution in [2.24, 2.45) is 5.73 Å². The number of aromatic hydroxyl groups is 1. The Morgan fingerprint density at radius 1 is 1.11 bits per heavy atom. The molecule has 0 radical (unpaired) electrons. The fraction of sp³-hybridized carbons (Fsp3) is 0.538. The van der Waals surface area contributed by atoms with Crippen LogP contribution in [-0.4, -0.2) is 11.7 Å². The summed E-state index contributed by atoms with van der Waals surface area (Å²) >= 11 is 0. The summed E-state index contributed by atoms with van der Waals surface area (Å²) in [5.74, 6) is -4.40. The molecule has 3 N–H and O–H groups in total. The van der Waals surface area contributed by atoms with Crippen LogP contribution in [0.5, 0.6) is 5.75 Å². The van der Waals surface area contributed by atoms with E-state index in [4.69, 9.17) is 5.73 Å². The van der Waals surface area contributed by atoms with Crippen LogP contribution < -0.4 is 5.73 Å². The van der Waals surface area contributed by atoms with Crippen LogP contribution in [0.3, 0.4) is 0 Å². The maximum Gasteiger partial charge on any atom is 0.168 e. The van der Waals surface area contributed by atoms with Gasteiger partial charge in [0.05, 0.1) is 0 Å². The van der Waals surface area contributed by atoms with E-state index in [1.165, 1.54) is 0 Å². The van der Waals surface area contributed by atoms with Gasteiger partial charge in [-0.05, 0) is 12.8 Å². The van der Waals surface area contributed by atoms with Crippen LogP contribution in [0.4, 0.5) is 13.2 Å². The molecule has 2 nitrogen and oxygen atoms in total. The highest BCUT2D eigenvalue weighted by molar-refractivity contribution is 5.42. The standard InChI is InChI=1S/C13H16F3NO/c14-8-6-9(15)12(18)10(11(8)16)13(7-17)4-2-1-3-5-13/h6,18H,1-5,7,17H2. The maximum absolute atomic E-state index is 13.9. The van der Waals surface area contributed by atoms with Gasteiger partial charge in [0.2, 0.25) is 0 Å². The average molecular weight is 259 g/mol. The summed E-state index contributed by atoms with van der Waals surface area (Å²) in [6.45, 7) is 0.0698. The Hall–Kier alpha value is -1.23. The Morgan fingerprint density at radius 2 is 1.72 bits per heavy atom. The minimum atomic E-state index is -1.28. The molecule has 1 fully saturated rings. The van der Waals surface area contributed by atoms with E-state index in [0.29, 0.717) is 18.9 Å². The topological polar surface area (TPSA) is 46.2 Å². The highest BCUT2D eigenvalue weighted by Gasteiger charge is 2.39. The van der Waals surface area contributed by atoms with Gasteiger partial charge in [0, 0.05) is 23.6 Å². The van der Waals surface area contributed by atoms with Crippen molar-refractivity contribution in [3.63, 3.8) is 0 Å². The van der Waals surface area contributed by atoms with Crippen molar-refractivity contribution in [1.82, 2.24) is 0 Å². The van der Waals surface area contributed by atoms with Gasteiger partial charge in [0.25, 0.3) is 0 Å². The van der Waals surface area contributed by atoms with Gasteiger partial charge in [-0.15, -0.1) is 0 Å². The van der Waals surface area contributed by atoms with Crippen molar-refractivity contribution in [2.45, 2.75) is 37.5 Å². The highest BCUT2D eigenvalue weighted by Crippen LogP contribution is 2.44. The zero-order valence-corrected chi connectivity index (χ0v) is 9.98. The van der Waals surface area contributed by atoms with E-state index in [1.54, 1.807) is 0 Å². The van der Waals surface area contributed by atoms with Crippen LogP contribution in [-0.2, 0) is 5.41 Å². The SMILES string of the molecule is NCC1(c2c(O)c(F)cc(F)c2F)CCCCC1. The molecule has 0 aliphatic heterocycles. The van der Waals surface area contributed by atoms with Crippen molar-refractivity contribution in [1.29, 1.82) is 0 Å². The molecule has 18 heavy (non-hydrogen) atoms. The third-order valence-corrected chi connectivity index (χ3v) is 3.88. The molecule has 0 heterocycles. The molecule has 0 aromatic heterocycles. The van der Waals surface area contributed by atoms with Gasteiger partial charge in [-0.1, -0.05) is 19.3 Å². The van der Waals surface area contributed by atoms with Gasteiger partial charge < -0.3 is 10.8 Å². The number of phenolic OH excluding ortho intramolecular Hbond substituents is 1. The lowest BCUT2D eigenvalue weighted by Gasteiger charge is -2.37. The summed E-state index contributed by atoms with van der Waals surface area (Å²) in [7, 11) is 0.